The molecule has 0 saturated heterocycles. The van der Waals surface area contributed by atoms with E-state index in [9.17, 15) is 20.2 Å². The van der Waals surface area contributed by atoms with Gasteiger partial charge in [-0.05, 0) is 17.5 Å². The average Bonchev–Trinajstić information content (AvgIpc) is 3.18. The summed E-state index contributed by atoms with van der Waals surface area (Å²) in [4.78, 5) is 25.3. The van der Waals surface area contributed by atoms with Crippen molar-refractivity contribution in [2.24, 2.45) is 0 Å². The van der Waals surface area contributed by atoms with Crippen molar-refractivity contribution in [2.75, 3.05) is 4.90 Å². The number of hydrogen-bond acceptors (Lipinski definition) is 7. The van der Waals surface area contributed by atoms with Crippen LogP contribution in [0.4, 0.5) is 10.7 Å². The van der Waals surface area contributed by atoms with E-state index in [1.807, 2.05) is 48.5 Å². The van der Waals surface area contributed by atoms with Gasteiger partial charge in [0.25, 0.3) is 5.91 Å². The van der Waals surface area contributed by atoms with Gasteiger partial charge in [-0.1, -0.05) is 47.7 Å². The predicted molar refractivity (Wildman–Crippen MR) is 110 cm³/mol. The minimum atomic E-state index is -0.721. The summed E-state index contributed by atoms with van der Waals surface area (Å²) in [6.45, 7) is 0. The monoisotopic (exact) mass is 408 g/mol. The number of nitro groups is 1. The first-order chi connectivity index (χ1) is 13.5. The number of thiol groups is 1. The molecule has 2 heterocycles. The summed E-state index contributed by atoms with van der Waals surface area (Å²) in [5.41, 5.74) is 0.621. The molecule has 0 aliphatic carbocycles. The van der Waals surface area contributed by atoms with Crippen molar-refractivity contribution >= 4 is 51.3 Å². The average molecular weight is 408 g/mol. The van der Waals surface area contributed by atoms with E-state index in [1.165, 1.54) is 6.07 Å². The number of hydrogen-bond donors (Lipinski definition) is 2. The smallest absolute Gasteiger partial charge is 0.324 e. The second-order valence-electron chi connectivity index (χ2n) is 5.99. The topological polar surface area (TPSA) is 99.3 Å². The van der Waals surface area contributed by atoms with Crippen molar-refractivity contribution in [3.8, 4) is 6.07 Å². The molecule has 1 aliphatic rings. The molecule has 2 aromatic carbocycles. The van der Waals surface area contributed by atoms with E-state index >= 15 is 0 Å². The van der Waals surface area contributed by atoms with Crippen LogP contribution in [0.2, 0.25) is 0 Å². The van der Waals surface area contributed by atoms with Crippen LogP contribution < -0.4 is 10.2 Å². The molecule has 7 nitrogen and oxygen atoms in total. The maximum atomic E-state index is 12.4. The zero-order valence-electron chi connectivity index (χ0n) is 14.2. The summed E-state index contributed by atoms with van der Waals surface area (Å²) >= 11 is 5.45. The van der Waals surface area contributed by atoms with Crippen LogP contribution in [-0.4, -0.2) is 10.8 Å². The van der Waals surface area contributed by atoms with E-state index in [2.05, 4.69) is 17.9 Å². The highest BCUT2D eigenvalue weighted by Gasteiger charge is 2.36. The number of rotatable bonds is 3. The molecule has 1 N–H and O–H groups in total. The molecule has 3 aromatic rings. The molecule has 0 fully saturated rings. The third kappa shape index (κ3) is 2.89. The third-order valence-electron chi connectivity index (χ3n) is 4.40. The van der Waals surface area contributed by atoms with Crippen LogP contribution in [0, 0.1) is 21.4 Å². The van der Waals surface area contributed by atoms with Gasteiger partial charge in [-0.3, -0.25) is 14.9 Å². The third-order valence-corrected chi connectivity index (χ3v) is 5.93. The molecule has 0 saturated carbocycles. The Balaban J connectivity index is 1.94. The highest BCUT2D eigenvalue weighted by atomic mass is 32.1. The lowest BCUT2D eigenvalue weighted by atomic mass is 10.1. The van der Waals surface area contributed by atoms with Crippen LogP contribution in [0.3, 0.4) is 0 Å². The Morgan fingerprint density at radius 1 is 1.18 bits per heavy atom. The summed E-state index contributed by atoms with van der Waals surface area (Å²) in [7, 11) is 0. The fourth-order valence-electron chi connectivity index (χ4n) is 3.16. The van der Waals surface area contributed by atoms with Gasteiger partial charge in [0, 0.05) is 11.5 Å². The van der Waals surface area contributed by atoms with E-state index in [-0.39, 0.29) is 15.6 Å². The molecule has 1 atom stereocenters. The number of fused-ring (bicyclic) bond motifs is 1. The summed E-state index contributed by atoms with van der Waals surface area (Å²) in [5.74, 6) is -0.565. The van der Waals surface area contributed by atoms with Crippen LogP contribution in [0.15, 0.2) is 65.2 Å². The number of nitrogens with one attached hydrogen (secondary N) is 1. The van der Waals surface area contributed by atoms with E-state index < -0.39 is 17.0 Å². The number of anilines is 1. The van der Waals surface area contributed by atoms with Crippen LogP contribution in [0.5, 0.6) is 0 Å². The molecule has 0 radical (unpaired) electrons. The molecule has 1 aromatic heterocycles. The standard InChI is InChI=1S/C19H12N4O3S2/c20-10-13-18(24)21-17(15-8-9-16(28-15)23(25)26)22(19(13)27)14-7-3-5-11-4-1-2-6-12(11)14/h1-9,17,27H,(H,21,24). The Kier molecular flexibility index (Phi) is 4.50. The second kappa shape index (κ2) is 6.99. The first-order valence-electron chi connectivity index (χ1n) is 8.16. The summed E-state index contributed by atoms with van der Waals surface area (Å²) in [5, 5.41) is 25.3. The zero-order valence-corrected chi connectivity index (χ0v) is 15.9. The SMILES string of the molecule is N#CC1=C(S)N(c2cccc3ccccc23)C(c2ccc([N+](=O)[O-])s2)NC1=O. The first kappa shape index (κ1) is 18.0. The zero-order chi connectivity index (χ0) is 19.8. The van der Waals surface area contributed by atoms with Gasteiger partial charge < -0.3 is 10.2 Å². The second-order valence-corrected chi connectivity index (χ2v) is 7.51. The number of carbonyl (C=O) groups is 1. The van der Waals surface area contributed by atoms with E-state index in [0.29, 0.717) is 4.88 Å². The molecule has 0 bridgehead atoms. The van der Waals surface area contributed by atoms with Crippen LogP contribution >= 0.6 is 24.0 Å². The summed E-state index contributed by atoms with van der Waals surface area (Å²) in [6.07, 6.45) is -0.721. The minimum absolute atomic E-state index is 0.0297. The highest BCUT2D eigenvalue weighted by Crippen LogP contribution is 2.41. The van der Waals surface area contributed by atoms with Crippen molar-refractivity contribution in [2.45, 2.75) is 6.17 Å². The molecule has 1 amide bonds. The summed E-state index contributed by atoms with van der Waals surface area (Å²) < 4.78 is 0. The van der Waals surface area contributed by atoms with Gasteiger partial charge in [-0.15, -0.1) is 12.6 Å². The predicted octanol–water partition coefficient (Wildman–Crippen LogP) is 4.11. The molecule has 138 valence electrons. The number of nitrogens with zero attached hydrogens (tertiary/aromatic N) is 3. The maximum absolute atomic E-state index is 12.4. The Labute approximate surface area is 169 Å². The molecule has 1 unspecified atom stereocenters. The minimum Gasteiger partial charge on any atom is -0.326 e. The largest absolute Gasteiger partial charge is 0.326 e. The maximum Gasteiger partial charge on any atom is 0.324 e. The van der Waals surface area contributed by atoms with Crippen molar-refractivity contribution in [1.29, 1.82) is 5.26 Å². The Hall–Kier alpha value is -3.35. The van der Waals surface area contributed by atoms with Gasteiger partial charge in [0.05, 0.1) is 20.5 Å². The Morgan fingerprint density at radius 2 is 1.93 bits per heavy atom. The highest BCUT2D eigenvalue weighted by molar-refractivity contribution is 7.84. The number of benzene rings is 2. The van der Waals surface area contributed by atoms with Crippen LogP contribution in [0.1, 0.15) is 11.0 Å². The van der Waals surface area contributed by atoms with E-state index in [1.54, 1.807) is 11.0 Å². The van der Waals surface area contributed by atoms with Gasteiger partial charge in [-0.2, -0.15) is 5.26 Å². The molecular formula is C19H12N4O3S2. The van der Waals surface area contributed by atoms with Gasteiger partial charge in [0.15, 0.2) is 0 Å². The van der Waals surface area contributed by atoms with Gasteiger partial charge in [-0.25, -0.2) is 0 Å². The van der Waals surface area contributed by atoms with Gasteiger partial charge in [0.1, 0.15) is 17.8 Å². The first-order valence-corrected chi connectivity index (χ1v) is 9.43. The molecule has 1 aliphatic heterocycles. The number of carbonyl (C=O) groups excluding carboxylic acids is 1. The molecule has 0 spiro atoms. The van der Waals surface area contributed by atoms with Crippen molar-refractivity contribution in [3.05, 3.63) is 80.2 Å². The molecule has 4 rings (SSSR count). The van der Waals surface area contributed by atoms with E-state index in [0.717, 1.165) is 27.8 Å². The van der Waals surface area contributed by atoms with E-state index in [4.69, 9.17) is 0 Å². The fourth-order valence-corrected chi connectivity index (χ4v) is 4.40. The van der Waals surface area contributed by atoms with Crippen molar-refractivity contribution < 1.29 is 9.72 Å². The fraction of sp³-hybridized carbons (Fsp3) is 0.0526. The lowest BCUT2D eigenvalue weighted by Crippen LogP contribution is -2.45. The van der Waals surface area contributed by atoms with Gasteiger partial charge in [0.2, 0.25) is 0 Å². The Bertz CT molecular complexity index is 1190. The number of amides is 1. The normalized spacial score (nSPS) is 16.8. The number of thiophene rings is 1. The molecular weight excluding hydrogens is 396 g/mol. The van der Waals surface area contributed by atoms with Gasteiger partial charge >= 0.3 is 5.00 Å². The Morgan fingerprint density at radius 3 is 2.64 bits per heavy atom. The van der Waals surface area contributed by atoms with Crippen molar-refractivity contribution in [1.82, 2.24) is 5.32 Å². The lowest BCUT2D eigenvalue weighted by molar-refractivity contribution is -0.380. The number of nitriles is 1. The van der Waals surface area contributed by atoms with Crippen LogP contribution in [-0.2, 0) is 4.79 Å². The lowest BCUT2D eigenvalue weighted by Gasteiger charge is -2.37. The van der Waals surface area contributed by atoms with Crippen molar-refractivity contribution in [3.63, 3.8) is 0 Å². The summed E-state index contributed by atoms with van der Waals surface area (Å²) in [6, 6.07) is 18.3. The van der Waals surface area contributed by atoms with Crippen LogP contribution in [0.25, 0.3) is 10.8 Å². The molecule has 9 heteroatoms. The molecule has 28 heavy (non-hydrogen) atoms. The quantitative estimate of drug-likeness (QED) is 0.386.